The van der Waals surface area contributed by atoms with Crippen molar-refractivity contribution in [3.05, 3.63) is 24.3 Å². The van der Waals surface area contributed by atoms with E-state index in [1.807, 2.05) is 12.2 Å². The Morgan fingerprint density at radius 1 is 0.810 bits per heavy atom. The average molecular weight is 294 g/mol. The lowest BCUT2D eigenvalue weighted by molar-refractivity contribution is -0.137. The number of hydrogen-bond donors (Lipinski definition) is 1. The zero-order chi connectivity index (χ0) is 15.8. The molecule has 3 nitrogen and oxygen atoms in total. The molecule has 0 amide bonds. The van der Waals surface area contributed by atoms with Crippen LogP contribution in [0.25, 0.3) is 0 Å². The molecule has 0 saturated heterocycles. The first-order chi connectivity index (χ1) is 10.2. The fourth-order valence-corrected chi connectivity index (χ4v) is 2.06. The first-order valence-corrected chi connectivity index (χ1v) is 8.20. The summed E-state index contributed by atoms with van der Waals surface area (Å²) in [5.41, 5.74) is 0. The minimum atomic E-state index is -0.709. The molecule has 0 aromatic rings. The van der Waals surface area contributed by atoms with E-state index in [0.717, 1.165) is 51.4 Å². The van der Waals surface area contributed by atoms with Crippen LogP contribution in [0.1, 0.15) is 77.6 Å². The predicted molar refractivity (Wildman–Crippen MR) is 87.4 cm³/mol. The standard InChI is InChI=1S/C18H30O3/c1-2-3-4-5-8-11-14-17(19)15-12-9-6-7-10-13-16-18(20)21/h3-4,8,11H,2,5-7,9-10,12-16H2,1H3,(H,20,21). The van der Waals surface area contributed by atoms with Crippen molar-refractivity contribution in [2.24, 2.45) is 0 Å². The second-order valence-electron chi connectivity index (χ2n) is 5.34. The number of carboxylic acids is 1. The molecule has 0 aliphatic rings. The molecule has 0 aliphatic heterocycles. The number of hydrogen-bond acceptors (Lipinski definition) is 2. The number of carbonyl (C=O) groups is 2. The summed E-state index contributed by atoms with van der Waals surface area (Å²) < 4.78 is 0. The predicted octanol–water partition coefficient (Wildman–Crippen LogP) is 5.06. The van der Waals surface area contributed by atoms with E-state index in [-0.39, 0.29) is 6.42 Å². The van der Waals surface area contributed by atoms with Gasteiger partial charge in [-0.05, 0) is 25.7 Å². The Morgan fingerprint density at radius 2 is 1.38 bits per heavy atom. The fourth-order valence-electron chi connectivity index (χ4n) is 2.06. The molecule has 120 valence electrons. The maximum absolute atomic E-state index is 11.6. The summed E-state index contributed by atoms with van der Waals surface area (Å²) in [6.07, 6.45) is 17.7. The third-order valence-electron chi connectivity index (χ3n) is 3.28. The van der Waals surface area contributed by atoms with E-state index in [0.29, 0.717) is 18.6 Å². The van der Waals surface area contributed by atoms with Crippen LogP contribution in [0.4, 0.5) is 0 Å². The van der Waals surface area contributed by atoms with Crippen LogP contribution < -0.4 is 0 Å². The van der Waals surface area contributed by atoms with Gasteiger partial charge in [-0.15, -0.1) is 0 Å². The Bertz CT molecular complexity index is 329. The molecular formula is C18H30O3. The van der Waals surface area contributed by atoms with Crippen LogP contribution in [-0.4, -0.2) is 16.9 Å². The van der Waals surface area contributed by atoms with Crippen molar-refractivity contribution < 1.29 is 14.7 Å². The lowest BCUT2D eigenvalue weighted by Crippen LogP contribution is -1.95. The highest BCUT2D eigenvalue weighted by Gasteiger charge is 2.00. The molecule has 0 aliphatic carbocycles. The number of allylic oxidation sites excluding steroid dienone is 4. The molecule has 0 atom stereocenters. The molecular weight excluding hydrogens is 264 g/mol. The molecule has 0 aromatic carbocycles. The van der Waals surface area contributed by atoms with E-state index in [4.69, 9.17) is 5.11 Å². The highest BCUT2D eigenvalue weighted by atomic mass is 16.4. The Balaban J connectivity index is 3.33. The third-order valence-corrected chi connectivity index (χ3v) is 3.28. The largest absolute Gasteiger partial charge is 0.481 e. The lowest BCUT2D eigenvalue weighted by Gasteiger charge is -2.00. The van der Waals surface area contributed by atoms with E-state index in [9.17, 15) is 9.59 Å². The quantitative estimate of drug-likeness (QED) is 0.360. The van der Waals surface area contributed by atoms with Gasteiger partial charge in [-0.2, -0.15) is 0 Å². The Hall–Kier alpha value is -1.38. The molecule has 3 heteroatoms. The van der Waals surface area contributed by atoms with E-state index < -0.39 is 5.97 Å². The highest BCUT2D eigenvalue weighted by molar-refractivity contribution is 5.79. The van der Waals surface area contributed by atoms with Crippen molar-refractivity contribution in [3.63, 3.8) is 0 Å². The zero-order valence-corrected chi connectivity index (χ0v) is 13.4. The molecule has 1 N–H and O–H groups in total. The van der Waals surface area contributed by atoms with Gasteiger partial charge in [0.25, 0.3) is 0 Å². The van der Waals surface area contributed by atoms with Crippen molar-refractivity contribution in [1.29, 1.82) is 0 Å². The SMILES string of the molecule is CCC=CCC=CCC(=O)CCCCCCCCC(=O)O. The van der Waals surface area contributed by atoms with Gasteiger partial charge in [-0.1, -0.05) is 56.9 Å². The van der Waals surface area contributed by atoms with Gasteiger partial charge in [-0.3, -0.25) is 9.59 Å². The Morgan fingerprint density at radius 3 is 2.00 bits per heavy atom. The second-order valence-corrected chi connectivity index (χ2v) is 5.34. The number of ketones is 1. The molecule has 0 unspecified atom stereocenters. The molecule has 0 saturated carbocycles. The van der Waals surface area contributed by atoms with Crippen LogP contribution in [0.15, 0.2) is 24.3 Å². The highest BCUT2D eigenvalue weighted by Crippen LogP contribution is 2.09. The van der Waals surface area contributed by atoms with Gasteiger partial charge < -0.3 is 5.11 Å². The fraction of sp³-hybridized carbons (Fsp3) is 0.667. The van der Waals surface area contributed by atoms with E-state index in [2.05, 4.69) is 19.1 Å². The normalized spacial score (nSPS) is 11.5. The van der Waals surface area contributed by atoms with Gasteiger partial charge in [0.15, 0.2) is 0 Å². The van der Waals surface area contributed by atoms with Crippen LogP contribution in [0.5, 0.6) is 0 Å². The minimum Gasteiger partial charge on any atom is -0.481 e. The first kappa shape index (κ1) is 19.6. The minimum absolute atomic E-state index is 0.276. The number of rotatable bonds is 14. The summed E-state index contributed by atoms with van der Waals surface area (Å²) in [6, 6.07) is 0. The van der Waals surface area contributed by atoms with E-state index >= 15 is 0 Å². The maximum Gasteiger partial charge on any atom is 0.303 e. The molecule has 0 bridgehead atoms. The van der Waals surface area contributed by atoms with Crippen molar-refractivity contribution >= 4 is 11.8 Å². The van der Waals surface area contributed by atoms with E-state index in [1.54, 1.807) is 0 Å². The Kier molecular flexibility index (Phi) is 14.0. The van der Waals surface area contributed by atoms with Crippen molar-refractivity contribution in [2.75, 3.05) is 0 Å². The van der Waals surface area contributed by atoms with Crippen molar-refractivity contribution in [3.8, 4) is 0 Å². The number of carboxylic acid groups (broad SMARTS) is 1. The van der Waals surface area contributed by atoms with Crippen LogP contribution in [0.3, 0.4) is 0 Å². The smallest absolute Gasteiger partial charge is 0.303 e. The van der Waals surface area contributed by atoms with Crippen LogP contribution >= 0.6 is 0 Å². The molecule has 0 fully saturated rings. The molecule has 21 heavy (non-hydrogen) atoms. The monoisotopic (exact) mass is 294 g/mol. The molecule has 0 heterocycles. The summed E-state index contributed by atoms with van der Waals surface area (Å²) in [7, 11) is 0. The summed E-state index contributed by atoms with van der Waals surface area (Å²) in [4.78, 5) is 21.9. The van der Waals surface area contributed by atoms with Crippen molar-refractivity contribution in [2.45, 2.75) is 77.6 Å². The molecule has 0 rings (SSSR count). The Labute approximate surface area is 129 Å². The zero-order valence-electron chi connectivity index (χ0n) is 13.4. The lowest BCUT2D eigenvalue weighted by atomic mass is 10.1. The van der Waals surface area contributed by atoms with E-state index in [1.165, 1.54) is 0 Å². The van der Waals surface area contributed by atoms with Gasteiger partial charge >= 0.3 is 5.97 Å². The number of aliphatic carboxylic acids is 1. The summed E-state index contributed by atoms with van der Waals surface area (Å²) in [6.45, 7) is 2.11. The summed E-state index contributed by atoms with van der Waals surface area (Å²) in [5, 5.41) is 8.50. The number of unbranched alkanes of at least 4 members (excludes halogenated alkanes) is 5. The number of carbonyl (C=O) groups excluding carboxylic acids is 1. The first-order valence-electron chi connectivity index (χ1n) is 8.20. The topological polar surface area (TPSA) is 54.4 Å². The molecule has 0 spiro atoms. The summed E-state index contributed by atoms with van der Waals surface area (Å²) >= 11 is 0. The third kappa shape index (κ3) is 16.6. The van der Waals surface area contributed by atoms with Crippen LogP contribution in [0, 0.1) is 0 Å². The van der Waals surface area contributed by atoms with Gasteiger partial charge in [-0.25, -0.2) is 0 Å². The van der Waals surface area contributed by atoms with Crippen LogP contribution in [-0.2, 0) is 9.59 Å². The number of Topliss-reactive ketones (excluding diaryl/α,β-unsaturated/α-hetero) is 1. The molecule has 0 aromatic heterocycles. The maximum atomic E-state index is 11.6. The second kappa shape index (κ2) is 15.0. The molecule has 0 radical (unpaired) electrons. The van der Waals surface area contributed by atoms with Gasteiger partial charge in [0.05, 0.1) is 0 Å². The van der Waals surface area contributed by atoms with Crippen molar-refractivity contribution in [1.82, 2.24) is 0 Å². The van der Waals surface area contributed by atoms with Gasteiger partial charge in [0.2, 0.25) is 0 Å². The van der Waals surface area contributed by atoms with Gasteiger partial charge in [0, 0.05) is 19.3 Å². The van der Waals surface area contributed by atoms with Crippen LogP contribution in [0.2, 0.25) is 0 Å². The van der Waals surface area contributed by atoms with Gasteiger partial charge in [0.1, 0.15) is 5.78 Å². The average Bonchev–Trinajstić information content (AvgIpc) is 2.45. The summed E-state index contributed by atoms with van der Waals surface area (Å²) in [5.74, 6) is -0.393.